The summed E-state index contributed by atoms with van der Waals surface area (Å²) in [5, 5.41) is 8.80. The SMILES string of the molecule is CC(C)(C)CC(C)(C)[N+](C)(C)CC#N. The second-order valence-corrected chi connectivity index (χ2v) is 6.55. The van der Waals surface area contributed by atoms with E-state index in [-0.39, 0.29) is 5.54 Å². The number of nitriles is 1. The third kappa shape index (κ3) is 3.67. The van der Waals surface area contributed by atoms with Crippen molar-refractivity contribution in [2.24, 2.45) is 5.41 Å². The van der Waals surface area contributed by atoms with Gasteiger partial charge < -0.3 is 4.48 Å². The minimum absolute atomic E-state index is 0.147. The van der Waals surface area contributed by atoms with Crippen LogP contribution in [0.15, 0.2) is 0 Å². The van der Waals surface area contributed by atoms with Gasteiger partial charge in [0.25, 0.3) is 0 Å². The average molecular weight is 197 g/mol. The van der Waals surface area contributed by atoms with E-state index in [9.17, 15) is 0 Å². The second kappa shape index (κ2) is 3.90. The number of quaternary nitrogens is 1. The van der Waals surface area contributed by atoms with Crippen molar-refractivity contribution in [3.05, 3.63) is 0 Å². The van der Waals surface area contributed by atoms with E-state index < -0.39 is 0 Å². The van der Waals surface area contributed by atoms with E-state index in [1.165, 1.54) is 0 Å². The van der Waals surface area contributed by atoms with Crippen LogP contribution in [0.5, 0.6) is 0 Å². The fourth-order valence-electron chi connectivity index (χ4n) is 1.90. The highest BCUT2D eigenvalue weighted by molar-refractivity contribution is 4.80. The zero-order valence-corrected chi connectivity index (χ0v) is 10.8. The molecule has 0 amide bonds. The number of hydrogen-bond acceptors (Lipinski definition) is 1. The molecule has 0 radical (unpaired) electrons. The Labute approximate surface area is 89.1 Å². The van der Waals surface area contributed by atoms with Gasteiger partial charge in [-0.1, -0.05) is 20.8 Å². The van der Waals surface area contributed by atoms with Crippen molar-refractivity contribution in [3.8, 4) is 6.07 Å². The van der Waals surface area contributed by atoms with Crippen molar-refractivity contribution in [1.29, 1.82) is 5.26 Å². The minimum atomic E-state index is 0.147. The summed E-state index contributed by atoms with van der Waals surface area (Å²) in [5.41, 5.74) is 0.461. The largest absolute Gasteiger partial charge is 0.312 e. The molecule has 0 aromatic rings. The molecule has 0 saturated heterocycles. The quantitative estimate of drug-likeness (QED) is 0.504. The third-order valence-electron chi connectivity index (χ3n) is 3.07. The summed E-state index contributed by atoms with van der Waals surface area (Å²) in [6.07, 6.45) is 1.12. The van der Waals surface area contributed by atoms with Gasteiger partial charge in [-0.25, -0.2) is 0 Å². The third-order valence-corrected chi connectivity index (χ3v) is 3.07. The molecule has 0 atom stereocenters. The maximum absolute atomic E-state index is 8.80. The molecular weight excluding hydrogens is 172 g/mol. The van der Waals surface area contributed by atoms with Crippen molar-refractivity contribution in [2.75, 3.05) is 20.6 Å². The Bertz CT molecular complexity index is 226. The predicted molar refractivity (Wildman–Crippen MR) is 60.7 cm³/mol. The number of rotatable bonds is 3. The first-order valence-electron chi connectivity index (χ1n) is 5.22. The van der Waals surface area contributed by atoms with E-state index >= 15 is 0 Å². The highest BCUT2D eigenvalue weighted by Crippen LogP contribution is 2.33. The van der Waals surface area contributed by atoms with Crippen molar-refractivity contribution in [2.45, 2.75) is 46.6 Å². The van der Waals surface area contributed by atoms with Crippen LogP contribution in [0.3, 0.4) is 0 Å². The summed E-state index contributed by atoms with van der Waals surface area (Å²) in [6.45, 7) is 11.8. The van der Waals surface area contributed by atoms with Crippen LogP contribution in [0.25, 0.3) is 0 Å². The van der Waals surface area contributed by atoms with Gasteiger partial charge in [0.15, 0.2) is 6.54 Å². The molecule has 0 aliphatic heterocycles. The predicted octanol–water partition coefficient (Wildman–Crippen LogP) is 2.80. The molecule has 0 aromatic heterocycles. The van der Waals surface area contributed by atoms with Gasteiger partial charge in [-0.3, -0.25) is 0 Å². The molecule has 0 aromatic carbocycles. The molecule has 2 heteroatoms. The van der Waals surface area contributed by atoms with Crippen molar-refractivity contribution >= 4 is 0 Å². The lowest BCUT2D eigenvalue weighted by Crippen LogP contribution is -2.57. The van der Waals surface area contributed by atoms with Crippen LogP contribution in [0.1, 0.15) is 41.0 Å². The van der Waals surface area contributed by atoms with Crippen LogP contribution in [0, 0.1) is 16.7 Å². The molecular formula is C12H25N2+. The van der Waals surface area contributed by atoms with Crippen molar-refractivity contribution in [3.63, 3.8) is 0 Å². The van der Waals surface area contributed by atoms with Gasteiger partial charge in [0.1, 0.15) is 6.07 Å². The smallest absolute Gasteiger partial charge is 0.166 e. The van der Waals surface area contributed by atoms with Crippen LogP contribution < -0.4 is 0 Å². The molecule has 0 unspecified atom stereocenters. The highest BCUT2D eigenvalue weighted by atomic mass is 15.4. The van der Waals surface area contributed by atoms with Crippen LogP contribution in [0.4, 0.5) is 0 Å². The summed E-state index contributed by atoms with van der Waals surface area (Å²) in [7, 11) is 4.27. The van der Waals surface area contributed by atoms with Gasteiger partial charge >= 0.3 is 0 Å². The van der Waals surface area contributed by atoms with Gasteiger partial charge in [-0.2, -0.15) is 5.26 Å². The zero-order chi connectivity index (χ0) is 11.6. The van der Waals surface area contributed by atoms with E-state index in [4.69, 9.17) is 5.26 Å². The highest BCUT2D eigenvalue weighted by Gasteiger charge is 2.39. The van der Waals surface area contributed by atoms with E-state index in [0.717, 1.165) is 10.9 Å². The Morgan fingerprint density at radius 3 is 1.79 bits per heavy atom. The number of hydrogen-bond donors (Lipinski definition) is 0. The molecule has 0 saturated carbocycles. The Balaban J connectivity index is 4.70. The van der Waals surface area contributed by atoms with Gasteiger partial charge in [-0.15, -0.1) is 0 Å². The lowest BCUT2D eigenvalue weighted by atomic mass is 9.80. The first-order valence-corrected chi connectivity index (χ1v) is 5.22. The molecule has 0 bridgehead atoms. The van der Waals surface area contributed by atoms with Gasteiger partial charge in [0, 0.05) is 6.42 Å². The summed E-state index contributed by atoms with van der Waals surface area (Å²) in [5.74, 6) is 0. The summed E-state index contributed by atoms with van der Waals surface area (Å²) >= 11 is 0. The topological polar surface area (TPSA) is 23.8 Å². The molecule has 2 nitrogen and oxygen atoms in total. The molecule has 0 spiro atoms. The van der Waals surface area contributed by atoms with Crippen LogP contribution in [0.2, 0.25) is 0 Å². The fourth-order valence-corrected chi connectivity index (χ4v) is 1.90. The molecule has 0 aliphatic carbocycles. The van der Waals surface area contributed by atoms with Gasteiger partial charge in [0.05, 0.1) is 19.6 Å². The van der Waals surface area contributed by atoms with Gasteiger partial charge in [-0.05, 0) is 19.3 Å². The first kappa shape index (κ1) is 13.4. The maximum Gasteiger partial charge on any atom is 0.166 e. The average Bonchev–Trinajstić information content (AvgIpc) is 1.79. The fraction of sp³-hybridized carbons (Fsp3) is 0.917. The zero-order valence-electron chi connectivity index (χ0n) is 10.8. The Morgan fingerprint density at radius 2 is 1.50 bits per heavy atom. The van der Waals surface area contributed by atoms with E-state index in [1.54, 1.807) is 0 Å². The second-order valence-electron chi connectivity index (χ2n) is 6.55. The Hall–Kier alpha value is -0.550. The van der Waals surface area contributed by atoms with E-state index in [2.05, 4.69) is 54.8 Å². The number of nitrogens with zero attached hydrogens (tertiary/aromatic N) is 2. The van der Waals surface area contributed by atoms with Gasteiger partial charge in [0.2, 0.25) is 0 Å². The lowest BCUT2D eigenvalue weighted by Gasteiger charge is -2.45. The van der Waals surface area contributed by atoms with E-state index in [0.29, 0.717) is 12.0 Å². The summed E-state index contributed by atoms with van der Waals surface area (Å²) in [6, 6.07) is 2.27. The van der Waals surface area contributed by atoms with E-state index in [1.807, 2.05) is 0 Å². The molecule has 82 valence electrons. The lowest BCUT2D eigenvalue weighted by molar-refractivity contribution is -0.932. The van der Waals surface area contributed by atoms with Crippen LogP contribution in [-0.4, -0.2) is 30.7 Å². The maximum atomic E-state index is 8.80. The first-order chi connectivity index (χ1) is 6.02. The molecule has 0 aliphatic rings. The van der Waals surface area contributed by atoms with Crippen LogP contribution >= 0.6 is 0 Å². The molecule has 0 heterocycles. The molecule has 0 fully saturated rings. The normalized spacial score (nSPS) is 13.9. The van der Waals surface area contributed by atoms with Crippen molar-refractivity contribution in [1.82, 2.24) is 0 Å². The summed E-state index contributed by atoms with van der Waals surface area (Å²) in [4.78, 5) is 0. The van der Waals surface area contributed by atoms with Crippen LogP contribution in [-0.2, 0) is 0 Å². The van der Waals surface area contributed by atoms with Crippen molar-refractivity contribution < 1.29 is 4.48 Å². The molecule has 14 heavy (non-hydrogen) atoms. The molecule has 0 rings (SSSR count). The standard InChI is InChI=1S/C12H25N2/c1-11(2,3)10-12(4,5)14(6,7)9-8-13/h9-10H2,1-7H3/q+1. The minimum Gasteiger partial charge on any atom is -0.312 e. The molecule has 0 N–H and O–H groups in total. The monoisotopic (exact) mass is 197 g/mol. The Kier molecular flexibility index (Phi) is 3.75. The Morgan fingerprint density at radius 1 is 1.07 bits per heavy atom. The summed E-state index contributed by atoms with van der Waals surface area (Å²) < 4.78 is 0.765.